The fourth-order valence-corrected chi connectivity index (χ4v) is 4.33. The zero-order valence-electron chi connectivity index (χ0n) is 17.1. The maximum Gasteiger partial charge on any atom is 0.231 e. The van der Waals surface area contributed by atoms with Crippen LogP contribution < -0.4 is 9.47 Å². The third-order valence-electron chi connectivity index (χ3n) is 6.37. The maximum absolute atomic E-state index is 13.3. The van der Waals surface area contributed by atoms with Crippen LogP contribution in [0.4, 0.5) is 0 Å². The highest BCUT2D eigenvalue weighted by molar-refractivity contribution is 5.95. The number of hydrogen-bond donors (Lipinski definition) is 2. The number of ether oxygens (including phenoxy) is 2. The molecule has 0 bridgehead atoms. The van der Waals surface area contributed by atoms with E-state index in [4.69, 9.17) is 9.47 Å². The number of aliphatic hydroxyl groups excluding tert-OH is 2. The first-order valence-electron chi connectivity index (χ1n) is 10.5. The van der Waals surface area contributed by atoms with Crippen LogP contribution in [0, 0.1) is 0 Å². The Morgan fingerprint density at radius 2 is 1.61 bits per heavy atom. The molecule has 5 nitrogen and oxygen atoms in total. The Bertz CT molecular complexity index is 1140. The number of hydrogen-bond acceptors (Lipinski definition) is 5. The molecule has 31 heavy (non-hydrogen) atoms. The van der Waals surface area contributed by atoms with Crippen molar-refractivity contribution in [2.45, 2.75) is 37.9 Å². The summed E-state index contributed by atoms with van der Waals surface area (Å²) in [5.74, 6) is 1.63. The SMILES string of the molecule is O=C(Cc1ccc(CO)c(-c2ccc(CO)cc2)c1)C1(c2ccc3c(c2)OCO3)CC1.[HH].[HH]. The normalized spacial score (nSPS) is 15.7. The fourth-order valence-electron chi connectivity index (χ4n) is 4.33. The standard InChI is InChI=1S/C26H24O5.2H2/c27-14-17-1-4-19(5-2-17)22-11-18(3-6-20(22)15-28)12-25(29)26(9-10-26)21-7-8-23-24(13-21)31-16-30-23;;/h1-8,11,13,27-28H,9-10,12,14-16H2;2*1H. The molecule has 3 aromatic rings. The van der Waals surface area contributed by atoms with E-state index in [9.17, 15) is 15.0 Å². The van der Waals surface area contributed by atoms with Crippen molar-refractivity contribution in [2.24, 2.45) is 0 Å². The summed E-state index contributed by atoms with van der Waals surface area (Å²) in [6.07, 6.45) is 2.02. The average molecular weight is 421 g/mol. The van der Waals surface area contributed by atoms with E-state index in [1.54, 1.807) is 0 Å². The van der Waals surface area contributed by atoms with Gasteiger partial charge in [-0.1, -0.05) is 48.5 Å². The summed E-state index contributed by atoms with van der Waals surface area (Å²) in [6, 6.07) is 19.2. The van der Waals surface area contributed by atoms with Crippen molar-refractivity contribution < 1.29 is 27.3 Å². The number of carbonyl (C=O) groups excluding carboxylic acids is 1. The molecule has 0 atom stereocenters. The maximum atomic E-state index is 13.3. The van der Waals surface area contributed by atoms with Crippen molar-refractivity contribution in [1.29, 1.82) is 0 Å². The molecular formula is C26H28O5. The van der Waals surface area contributed by atoms with E-state index in [1.807, 2.05) is 60.7 Å². The van der Waals surface area contributed by atoms with Gasteiger partial charge in [-0.3, -0.25) is 4.79 Å². The highest BCUT2D eigenvalue weighted by Gasteiger charge is 2.50. The van der Waals surface area contributed by atoms with E-state index in [1.165, 1.54) is 0 Å². The smallest absolute Gasteiger partial charge is 0.231 e. The zero-order chi connectivity index (χ0) is 21.4. The van der Waals surface area contributed by atoms with Gasteiger partial charge in [0.25, 0.3) is 0 Å². The Labute approximate surface area is 183 Å². The van der Waals surface area contributed by atoms with Gasteiger partial charge in [0.05, 0.1) is 18.6 Å². The largest absolute Gasteiger partial charge is 0.454 e. The minimum Gasteiger partial charge on any atom is -0.454 e. The molecule has 162 valence electrons. The van der Waals surface area contributed by atoms with Crippen molar-refractivity contribution in [3.63, 3.8) is 0 Å². The summed E-state index contributed by atoms with van der Waals surface area (Å²) >= 11 is 0. The van der Waals surface area contributed by atoms with Crippen LogP contribution in [0.1, 0.15) is 37.9 Å². The van der Waals surface area contributed by atoms with E-state index in [0.29, 0.717) is 12.2 Å². The lowest BCUT2D eigenvalue weighted by Crippen LogP contribution is -2.22. The molecule has 1 saturated carbocycles. The van der Waals surface area contributed by atoms with Crippen molar-refractivity contribution in [3.8, 4) is 22.6 Å². The van der Waals surface area contributed by atoms with Gasteiger partial charge in [-0.2, -0.15) is 0 Å². The molecule has 0 spiro atoms. The molecule has 1 aliphatic heterocycles. The third-order valence-corrected chi connectivity index (χ3v) is 6.37. The lowest BCUT2D eigenvalue weighted by molar-refractivity contribution is -0.120. The topological polar surface area (TPSA) is 76.0 Å². The van der Waals surface area contributed by atoms with Crippen LogP contribution in [0.2, 0.25) is 0 Å². The van der Waals surface area contributed by atoms with Gasteiger partial charge in [0.15, 0.2) is 11.5 Å². The predicted molar refractivity (Wildman–Crippen MR) is 120 cm³/mol. The molecule has 2 aliphatic rings. The lowest BCUT2D eigenvalue weighted by atomic mass is 9.86. The van der Waals surface area contributed by atoms with E-state index >= 15 is 0 Å². The highest BCUT2D eigenvalue weighted by Crippen LogP contribution is 2.51. The number of Topliss-reactive ketones (excluding diaryl/α,β-unsaturated/α-hetero) is 1. The first-order valence-corrected chi connectivity index (χ1v) is 10.5. The fraction of sp³-hybridized carbons (Fsp3) is 0.269. The molecule has 0 unspecified atom stereocenters. The Morgan fingerprint density at radius 3 is 2.32 bits per heavy atom. The number of aliphatic hydroxyl groups is 2. The van der Waals surface area contributed by atoms with E-state index in [2.05, 4.69) is 0 Å². The Morgan fingerprint density at radius 1 is 0.871 bits per heavy atom. The molecule has 0 saturated heterocycles. The van der Waals surface area contributed by atoms with Crippen LogP contribution in [0.5, 0.6) is 11.5 Å². The van der Waals surface area contributed by atoms with E-state index in [0.717, 1.165) is 52.0 Å². The predicted octanol–water partition coefficient (Wildman–Crippen LogP) is 4.40. The van der Waals surface area contributed by atoms with Crippen molar-refractivity contribution in [2.75, 3.05) is 6.79 Å². The quantitative estimate of drug-likeness (QED) is 0.592. The summed E-state index contributed by atoms with van der Waals surface area (Å²) in [4.78, 5) is 13.3. The van der Waals surface area contributed by atoms with Crippen LogP contribution >= 0.6 is 0 Å². The number of carbonyl (C=O) groups is 1. The van der Waals surface area contributed by atoms with Crippen molar-refractivity contribution in [3.05, 3.63) is 82.9 Å². The second-order valence-electron chi connectivity index (χ2n) is 8.25. The zero-order valence-corrected chi connectivity index (χ0v) is 17.1. The van der Waals surface area contributed by atoms with Crippen LogP contribution in [0.3, 0.4) is 0 Å². The second kappa shape index (κ2) is 7.84. The Hall–Kier alpha value is -3.15. The molecule has 2 N–H and O–H groups in total. The molecule has 5 heteroatoms. The molecule has 1 fully saturated rings. The monoisotopic (exact) mass is 420 g/mol. The van der Waals surface area contributed by atoms with Crippen LogP contribution in [0.25, 0.3) is 11.1 Å². The summed E-state index contributed by atoms with van der Waals surface area (Å²) in [7, 11) is 0. The molecular weight excluding hydrogens is 392 g/mol. The molecule has 0 amide bonds. The highest BCUT2D eigenvalue weighted by atomic mass is 16.7. The van der Waals surface area contributed by atoms with Gasteiger partial charge in [0.2, 0.25) is 6.79 Å². The minimum absolute atomic E-state index is 0. The van der Waals surface area contributed by atoms with Gasteiger partial charge in [-0.15, -0.1) is 0 Å². The number of fused-ring (bicyclic) bond motifs is 1. The molecule has 0 radical (unpaired) electrons. The van der Waals surface area contributed by atoms with Crippen molar-refractivity contribution in [1.82, 2.24) is 0 Å². The minimum atomic E-state index is -0.445. The van der Waals surface area contributed by atoms with Crippen molar-refractivity contribution >= 4 is 5.78 Å². The summed E-state index contributed by atoms with van der Waals surface area (Å²) in [5, 5.41) is 19.1. The second-order valence-corrected chi connectivity index (χ2v) is 8.25. The van der Waals surface area contributed by atoms with Gasteiger partial charge >= 0.3 is 0 Å². The summed E-state index contributed by atoms with van der Waals surface area (Å²) < 4.78 is 10.9. The number of benzene rings is 3. The number of ketones is 1. The Kier molecular flexibility index (Phi) is 5.00. The first kappa shape index (κ1) is 19.8. The van der Waals surface area contributed by atoms with Gasteiger partial charge in [0.1, 0.15) is 5.78 Å². The molecule has 5 rings (SSSR count). The molecule has 1 heterocycles. The lowest BCUT2D eigenvalue weighted by Gasteiger charge is -2.16. The molecule has 1 aliphatic carbocycles. The summed E-state index contributed by atoms with van der Waals surface area (Å²) in [5.41, 5.74) is 4.98. The van der Waals surface area contributed by atoms with Gasteiger partial charge < -0.3 is 19.7 Å². The molecule has 0 aromatic heterocycles. The van der Waals surface area contributed by atoms with Gasteiger partial charge in [0, 0.05) is 9.27 Å². The van der Waals surface area contributed by atoms with E-state index in [-0.39, 0.29) is 28.6 Å². The van der Waals surface area contributed by atoms with Gasteiger partial charge in [-0.05, 0) is 58.4 Å². The van der Waals surface area contributed by atoms with Crippen LogP contribution in [-0.2, 0) is 29.8 Å². The summed E-state index contributed by atoms with van der Waals surface area (Å²) in [6.45, 7) is 0.134. The number of rotatable bonds is 7. The van der Waals surface area contributed by atoms with E-state index < -0.39 is 5.41 Å². The molecule has 3 aromatic carbocycles. The Balaban J connectivity index is 0.00000153. The van der Waals surface area contributed by atoms with Crippen LogP contribution in [0.15, 0.2) is 60.7 Å². The third kappa shape index (κ3) is 3.60. The van der Waals surface area contributed by atoms with Gasteiger partial charge in [-0.25, -0.2) is 0 Å². The first-order chi connectivity index (χ1) is 15.1. The average Bonchev–Trinajstić information content (AvgIpc) is 3.50. The van der Waals surface area contributed by atoms with Crippen LogP contribution in [-0.4, -0.2) is 22.8 Å².